The molecular weight excluding hydrogens is 231 g/mol. The normalized spacial score (nSPS) is 10.6. The summed E-state index contributed by atoms with van der Waals surface area (Å²) < 4.78 is 17.7. The van der Waals surface area contributed by atoms with Crippen molar-refractivity contribution in [3.05, 3.63) is 30.1 Å². The van der Waals surface area contributed by atoms with Gasteiger partial charge in [0.05, 0.1) is 6.61 Å². The fraction of sp³-hybridized carbons (Fsp3) is 0.571. The Balaban J connectivity index is 2.10. The van der Waals surface area contributed by atoms with E-state index in [1.54, 1.807) is 7.11 Å². The molecule has 102 valence electrons. The number of ether oxygens (including phenoxy) is 1. The molecule has 0 spiro atoms. The fourth-order valence-corrected chi connectivity index (χ4v) is 1.72. The van der Waals surface area contributed by atoms with Crippen molar-refractivity contribution >= 4 is 5.69 Å². The maximum atomic E-state index is 12.8. The number of nitrogens with zero attached hydrogens (tertiary/aromatic N) is 1. The molecule has 1 rings (SSSR count). The van der Waals surface area contributed by atoms with Crippen LogP contribution in [0.15, 0.2) is 24.3 Å². The Labute approximate surface area is 109 Å². The van der Waals surface area contributed by atoms with Crippen LogP contribution in [-0.2, 0) is 4.74 Å². The summed E-state index contributed by atoms with van der Waals surface area (Å²) in [7, 11) is 3.74. The molecular formula is C14H23FN2O. The van der Waals surface area contributed by atoms with Gasteiger partial charge in [0.2, 0.25) is 0 Å². The number of benzene rings is 1. The van der Waals surface area contributed by atoms with Gasteiger partial charge in [0.1, 0.15) is 5.82 Å². The maximum Gasteiger partial charge on any atom is 0.123 e. The summed E-state index contributed by atoms with van der Waals surface area (Å²) in [5.74, 6) is -0.186. The van der Waals surface area contributed by atoms with E-state index in [9.17, 15) is 4.39 Å². The Bertz CT molecular complexity index is 316. The van der Waals surface area contributed by atoms with E-state index in [0.29, 0.717) is 0 Å². The molecule has 1 aromatic rings. The average molecular weight is 254 g/mol. The third kappa shape index (κ3) is 5.98. The molecule has 1 aromatic carbocycles. The first-order valence-electron chi connectivity index (χ1n) is 6.40. The molecule has 0 aliphatic heterocycles. The summed E-state index contributed by atoms with van der Waals surface area (Å²) >= 11 is 0. The molecule has 0 aromatic heterocycles. The van der Waals surface area contributed by atoms with E-state index in [1.165, 1.54) is 12.1 Å². The molecule has 0 saturated heterocycles. The van der Waals surface area contributed by atoms with E-state index in [-0.39, 0.29) is 5.82 Å². The molecule has 0 aliphatic carbocycles. The smallest absolute Gasteiger partial charge is 0.123 e. The van der Waals surface area contributed by atoms with Crippen LogP contribution < -0.4 is 10.2 Å². The highest BCUT2D eigenvalue weighted by Crippen LogP contribution is 2.13. The van der Waals surface area contributed by atoms with E-state index in [0.717, 1.165) is 44.8 Å². The molecule has 0 unspecified atom stereocenters. The number of anilines is 1. The number of halogens is 1. The first-order valence-corrected chi connectivity index (χ1v) is 6.40. The van der Waals surface area contributed by atoms with Crippen molar-refractivity contribution in [1.29, 1.82) is 0 Å². The van der Waals surface area contributed by atoms with Crippen molar-refractivity contribution in [2.24, 2.45) is 0 Å². The Kier molecular flexibility index (Phi) is 7.37. The van der Waals surface area contributed by atoms with Gasteiger partial charge >= 0.3 is 0 Å². The van der Waals surface area contributed by atoms with E-state index < -0.39 is 0 Å². The van der Waals surface area contributed by atoms with Gasteiger partial charge in [-0.1, -0.05) is 0 Å². The summed E-state index contributed by atoms with van der Waals surface area (Å²) in [4.78, 5) is 2.15. The predicted octanol–water partition coefficient (Wildman–Crippen LogP) is 2.28. The molecule has 18 heavy (non-hydrogen) atoms. The molecule has 0 atom stereocenters. The van der Waals surface area contributed by atoms with Gasteiger partial charge in [0.25, 0.3) is 0 Å². The van der Waals surface area contributed by atoms with Crippen molar-refractivity contribution < 1.29 is 9.13 Å². The topological polar surface area (TPSA) is 24.5 Å². The minimum atomic E-state index is -0.186. The molecule has 0 heterocycles. The van der Waals surface area contributed by atoms with Crippen LogP contribution in [0.4, 0.5) is 10.1 Å². The van der Waals surface area contributed by atoms with Crippen LogP contribution in [0.5, 0.6) is 0 Å². The first kappa shape index (κ1) is 14.9. The van der Waals surface area contributed by atoms with Crippen LogP contribution in [0.25, 0.3) is 0 Å². The van der Waals surface area contributed by atoms with E-state index in [4.69, 9.17) is 4.74 Å². The van der Waals surface area contributed by atoms with Crippen LogP contribution >= 0.6 is 0 Å². The van der Waals surface area contributed by atoms with Crippen molar-refractivity contribution in [2.45, 2.75) is 12.8 Å². The third-order valence-electron chi connectivity index (χ3n) is 2.85. The minimum Gasteiger partial charge on any atom is -0.383 e. The number of nitrogens with one attached hydrogen (secondary N) is 1. The standard InChI is InChI=1S/C14H23FN2O/c1-17(14-7-5-13(15)6-8-14)11-4-3-9-16-10-12-18-2/h5-8,16H,3-4,9-12H2,1-2H3. The molecule has 4 heteroatoms. The molecule has 1 N–H and O–H groups in total. The number of unbranched alkanes of at least 4 members (excludes halogenated alkanes) is 1. The molecule has 0 fully saturated rings. The highest BCUT2D eigenvalue weighted by atomic mass is 19.1. The van der Waals surface area contributed by atoms with Gasteiger partial charge in [-0.05, 0) is 43.7 Å². The van der Waals surface area contributed by atoms with Crippen molar-refractivity contribution in [3.8, 4) is 0 Å². The molecule has 0 aliphatic rings. The van der Waals surface area contributed by atoms with E-state index in [1.807, 2.05) is 19.2 Å². The lowest BCUT2D eigenvalue weighted by atomic mass is 10.2. The minimum absolute atomic E-state index is 0.186. The predicted molar refractivity (Wildman–Crippen MR) is 73.6 cm³/mol. The largest absolute Gasteiger partial charge is 0.383 e. The quantitative estimate of drug-likeness (QED) is 0.684. The summed E-state index contributed by atoms with van der Waals surface area (Å²) in [6.45, 7) is 3.66. The second-order valence-electron chi connectivity index (χ2n) is 4.35. The zero-order chi connectivity index (χ0) is 13.2. The highest BCUT2D eigenvalue weighted by Gasteiger charge is 2.00. The highest BCUT2D eigenvalue weighted by molar-refractivity contribution is 5.45. The van der Waals surface area contributed by atoms with Crippen LogP contribution in [0.3, 0.4) is 0 Å². The molecule has 0 amide bonds. The Morgan fingerprint density at radius 2 is 1.89 bits per heavy atom. The zero-order valence-corrected chi connectivity index (χ0v) is 11.3. The fourth-order valence-electron chi connectivity index (χ4n) is 1.72. The monoisotopic (exact) mass is 254 g/mol. The second-order valence-corrected chi connectivity index (χ2v) is 4.35. The molecule has 3 nitrogen and oxygen atoms in total. The lowest BCUT2D eigenvalue weighted by molar-refractivity contribution is 0.199. The molecule has 0 radical (unpaired) electrons. The van der Waals surface area contributed by atoms with Gasteiger partial charge < -0.3 is 15.0 Å². The number of hydrogen-bond acceptors (Lipinski definition) is 3. The molecule has 0 bridgehead atoms. The summed E-state index contributed by atoms with van der Waals surface area (Å²) in [5, 5.41) is 3.31. The zero-order valence-electron chi connectivity index (χ0n) is 11.3. The average Bonchev–Trinajstić information content (AvgIpc) is 2.38. The third-order valence-corrected chi connectivity index (χ3v) is 2.85. The Morgan fingerprint density at radius 1 is 1.17 bits per heavy atom. The first-order chi connectivity index (χ1) is 8.74. The van der Waals surface area contributed by atoms with Crippen molar-refractivity contribution in [3.63, 3.8) is 0 Å². The van der Waals surface area contributed by atoms with Crippen LogP contribution in [0, 0.1) is 5.82 Å². The summed E-state index contributed by atoms with van der Waals surface area (Å²) in [5.41, 5.74) is 1.06. The van der Waals surface area contributed by atoms with Gasteiger partial charge in [-0.25, -0.2) is 4.39 Å². The number of methoxy groups -OCH3 is 1. The van der Waals surface area contributed by atoms with Gasteiger partial charge in [0.15, 0.2) is 0 Å². The lowest BCUT2D eigenvalue weighted by Gasteiger charge is -2.19. The number of rotatable bonds is 9. The Morgan fingerprint density at radius 3 is 2.56 bits per heavy atom. The second kappa shape index (κ2) is 8.89. The Hall–Kier alpha value is -1.13. The van der Waals surface area contributed by atoms with Crippen LogP contribution in [0.2, 0.25) is 0 Å². The van der Waals surface area contributed by atoms with Crippen LogP contribution in [-0.4, -0.2) is 40.4 Å². The van der Waals surface area contributed by atoms with Gasteiger partial charge in [-0.15, -0.1) is 0 Å². The van der Waals surface area contributed by atoms with Crippen molar-refractivity contribution in [2.75, 3.05) is 45.3 Å². The lowest BCUT2D eigenvalue weighted by Crippen LogP contribution is -2.23. The number of hydrogen-bond donors (Lipinski definition) is 1. The molecule has 0 saturated carbocycles. The van der Waals surface area contributed by atoms with Gasteiger partial charge in [-0.3, -0.25) is 0 Å². The summed E-state index contributed by atoms with van der Waals surface area (Å²) in [6, 6.07) is 6.62. The summed E-state index contributed by atoms with van der Waals surface area (Å²) in [6.07, 6.45) is 2.25. The van der Waals surface area contributed by atoms with Crippen LogP contribution in [0.1, 0.15) is 12.8 Å². The van der Waals surface area contributed by atoms with E-state index >= 15 is 0 Å². The van der Waals surface area contributed by atoms with Crippen molar-refractivity contribution in [1.82, 2.24) is 5.32 Å². The van der Waals surface area contributed by atoms with Gasteiger partial charge in [0, 0.05) is 32.9 Å². The SMILES string of the molecule is COCCNCCCCN(C)c1ccc(F)cc1. The van der Waals surface area contributed by atoms with E-state index in [2.05, 4.69) is 10.2 Å². The maximum absolute atomic E-state index is 12.8. The van der Waals surface area contributed by atoms with Gasteiger partial charge in [-0.2, -0.15) is 0 Å².